The minimum atomic E-state index is -0.353. The van der Waals surface area contributed by atoms with Crippen molar-refractivity contribution >= 4 is 33.5 Å². The molecule has 0 saturated carbocycles. The van der Waals surface area contributed by atoms with Gasteiger partial charge in [-0.05, 0) is 97.2 Å². The van der Waals surface area contributed by atoms with Gasteiger partial charge in [0.1, 0.15) is 29.5 Å². The maximum Gasteiger partial charge on any atom is 0.255 e. The minimum absolute atomic E-state index is 0.201. The first-order valence-electron chi connectivity index (χ1n) is 16.0. The van der Waals surface area contributed by atoms with Crippen LogP contribution in [0.1, 0.15) is 23.2 Å². The van der Waals surface area contributed by atoms with Crippen LogP contribution in [0, 0.1) is 5.82 Å². The Balaban J connectivity index is 1.08. The van der Waals surface area contributed by atoms with Gasteiger partial charge in [-0.3, -0.25) is 19.8 Å². The normalized spacial score (nSPS) is 13.4. The summed E-state index contributed by atoms with van der Waals surface area (Å²) in [6, 6.07) is 25.7. The van der Waals surface area contributed by atoms with Crippen LogP contribution in [0.5, 0.6) is 5.75 Å². The largest absolute Gasteiger partial charge is 0.492 e. The van der Waals surface area contributed by atoms with Crippen LogP contribution in [0.25, 0.3) is 55.6 Å². The Hall–Kier alpha value is -5.87. The molecule has 3 N–H and O–H groups in total. The fraction of sp³-hybridized carbons (Fsp3) is 0.158. The minimum Gasteiger partial charge on any atom is -0.492 e. The molecular weight excluding hydrogens is 605 g/mol. The lowest BCUT2D eigenvalue weighted by atomic mass is 10.0. The van der Waals surface area contributed by atoms with E-state index < -0.39 is 0 Å². The zero-order chi connectivity index (χ0) is 32.5. The van der Waals surface area contributed by atoms with E-state index in [4.69, 9.17) is 4.74 Å². The number of carbonyl (C=O) groups is 1. The van der Waals surface area contributed by atoms with E-state index in [0.29, 0.717) is 34.8 Å². The zero-order valence-electron chi connectivity index (χ0n) is 26.0. The SMILES string of the molecule is O=C(Nc1cncc(-c2ccc3[nH]nc(-c4cc5c(-c6cc(F)cc(OCCN7CCCC7)c6)ccnc5[nH]4)c3c2)c1)c1ccccc1. The number of likely N-dealkylation sites (tertiary alicyclic amines) is 1. The number of anilines is 1. The van der Waals surface area contributed by atoms with Crippen LogP contribution >= 0.6 is 0 Å². The maximum atomic E-state index is 14.8. The van der Waals surface area contributed by atoms with E-state index in [-0.39, 0.29) is 11.7 Å². The summed E-state index contributed by atoms with van der Waals surface area (Å²) >= 11 is 0. The number of benzene rings is 3. The third kappa shape index (κ3) is 6.01. The molecule has 0 spiro atoms. The van der Waals surface area contributed by atoms with Crippen LogP contribution in [0.3, 0.4) is 0 Å². The van der Waals surface area contributed by atoms with Gasteiger partial charge in [0.15, 0.2) is 0 Å². The van der Waals surface area contributed by atoms with Crippen molar-refractivity contribution in [2.75, 3.05) is 31.6 Å². The van der Waals surface area contributed by atoms with Crippen LogP contribution in [-0.2, 0) is 0 Å². The molecule has 0 atom stereocenters. The second-order valence-corrected chi connectivity index (χ2v) is 12.0. The molecule has 10 heteroatoms. The van der Waals surface area contributed by atoms with Gasteiger partial charge < -0.3 is 15.0 Å². The first-order chi connectivity index (χ1) is 23.6. The molecule has 1 amide bonds. The number of aromatic nitrogens is 5. The summed E-state index contributed by atoms with van der Waals surface area (Å²) in [5.41, 5.74) is 7.52. The summed E-state index contributed by atoms with van der Waals surface area (Å²) < 4.78 is 20.8. The number of halogens is 1. The van der Waals surface area contributed by atoms with E-state index in [0.717, 1.165) is 64.0 Å². The summed E-state index contributed by atoms with van der Waals surface area (Å²) in [7, 11) is 0. The van der Waals surface area contributed by atoms with Crippen molar-refractivity contribution < 1.29 is 13.9 Å². The highest BCUT2D eigenvalue weighted by atomic mass is 19.1. The molecule has 1 saturated heterocycles. The van der Waals surface area contributed by atoms with Crippen molar-refractivity contribution in [3.8, 4) is 39.4 Å². The van der Waals surface area contributed by atoms with Gasteiger partial charge in [0.2, 0.25) is 0 Å². The van der Waals surface area contributed by atoms with E-state index in [1.807, 2.05) is 60.7 Å². The molecule has 48 heavy (non-hydrogen) atoms. The molecule has 0 unspecified atom stereocenters. The van der Waals surface area contributed by atoms with Crippen molar-refractivity contribution in [2.45, 2.75) is 12.8 Å². The molecule has 8 rings (SSSR count). The number of fused-ring (bicyclic) bond motifs is 2. The third-order valence-electron chi connectivity index (χ3n) is 8.77. The summed E-state index contributed by atoms with van der Waals surface area (Å²) in [6.45, 7) is 3.53. The van der Waals surface area contributed by atoms with Gasteiger partial charge in [0.25, 0.3) is 5.91 Å². The number of nitrogens with one attached hydrogen (secondary N) is 3. The molecule has 7 aromatic rings. The first-order valence-corrected chi connectivity index (χ1v) is 16.0. The van der Waals surface area contributed by atoms with Gasteiger partial charge >= 0.3 is 0 Å². The van der Waals surface area contributed by atoms with Crippen LogP contribution in [0.4, 0.5) is 10.1 Å². The number of carbonyl (C=O) groups excluding carboxylic acids is 1. The van der Waals surface area contributed by atoms with Crippen molar-refractivity contribution in [3.05, 3.63) is 115 Å². The molecule has 1 aliphatic heterocycles. The molecule has 4 aromatic heterocycles. The number of pyridine rings is 2. The average molecular weight is 638 g/mol. The smallest absolute Gasteiger partial charge is 0.255 e. The van der Waals surface area contributed by atoms with Gasteiger partial charge in [0.05, 0.1) is 23.1 Å². The Kier molecular flexibility index (Phi) is 7.83. The van der Waals surface area contributed by atoms with Gasteiger partial charge in [-0.15, -0.1) is 0 Å². The van der Waals surface area contributed by atoms with Crippen molar-refractivity contribution in [3.63, 3.8) is 0 Å². The van der Waals surface area contributed by atoms with Crippen LogP contribution in [0.2, 0.25) is 0 Å². The van der Waals surface area contributed by atoms with Crippen molar-refractivity contribution in [1.82, 2.24) is 30.0 Å². The summed E-state index contributed by atoms with van der Waals surface area (Å²) in [5, 5.41) is 12.5. The second-order valence-electron chi connectivity index (χ2n) is 12.0. The number of rotatable bonds is 9. The molecule has 5 heterocycles. The van der Waals surface area contributed by atoms with E-state index >= 15 is 0 Å². The van der Waals surface area contributed by atoms with E-state index in [2.05, 4.69) is 35.4 Å². The Morgan fingerprint density at radius 2 is 1.77 bits per heavy atom. The number of hydrogen-bond donors (Lipinski definition) is 3. The predicted octanol–water partition coefficient (Wildman–Crippen LogP) is 7.70. The third-order valence-corrected chi connectivity index (χ3v) is 8.77. The number of amides is 1. The maximum absolute atomic E-state index is 14.8. The van der Waals surface area contributed by atoms with Gasteiger partial charge in [-0.1, -0.05) is 24.3 Å². The summed E-state index contributed by atoms with van der Waals surface area (Å²) in [5.74, 6) is -0.0456. The number of hydrogen-bond acceptors (Lipinski definition) is 6. The standard InChI is InChI=1S/C38H32FN7O2/c39-28-16-26(18-30(20-28)48-15-14-46-12-4-5-13-46)31-10-11-41-37-32(31)21-35(43-37)36-33-19-25(8-9-34(33)44-45-36)27-17-29(23-40-22-27)42-38(47)24-6-2-1-3-7-24/h1-3,6-11,16-23H,4-5,12-15H2,(H,41,43)(H,42,47)(H,44,45). The number of ether oxygens (including phenoxy) is 1. The molecule has 1 aliphatic rings. The van der Waals surface area contributed by atoms with Crippen molar-refractivity contribution in [1.29, 1.82) is 0 Å². The zero-order valence-corrected chi connectivity index (χ0v) is 26.0. The highest BCUT2D eigenvalue weighted by molar-refractivity contribution is 6.04. The van der Waals surface area contributed by atoms with Crippen LogP contribution in [0.15, 0.2) is 104 Å². The number of H-pyrrole nitrogens is 2. The summed E-state index contributed by atoms with van der Waals surface area (Å²) in [4.78, 5) is 27.5. The van der Waals surface area contributed by atoms with Gasteiger partial charge in [-0.2, -0.15) is 5.10 Å². The van der Waals surface area contributed by atoms with Gasteiger partial charge in [-0.25, -0.2) is 9.37 Å². The molecule has 1 fully saturated rings. The molecule has 3 aromatic carbocycles. The first kappa shape index (κ1) is 29.5. The number of nitrogens with zero attached hydrogens (tertiary/aromatic N) is 4. The fourth-order valence-electron chi connectivity index (χ4n) is 6.36. The summed E-state index contributed by atoms with van der Waals surface area (Å²) in [6.07, 6.45) is 7.55. The Bertz CT molecular complexity index is 2260. The highest BCUT2D eigenvalue weighted by Gasteiger charge is 2.17. The fourth-order valence-corrected chi connectivity index (χ4v) is 6.36. The van der Waals surface area contributed by atoms with Crippen LogP contribution < -0.4 is 10.1 Å². The lowest BCUT2D eigenvalue weighted by molar-refractivity contribution is 0.102. The Morgan fingerprint density at radius 3 is 2.65 bits per heavy atom. The molecule has 9 nitrogen and oxygen atoms in total. The van der Waals surface area contributed by atoms with E-state index in [1.165, 1.54) is 25.0 Å². The predicted molar refractivity (Wildman–Crippen MR) is 185 cm³/mol. The van der Waals surface area contributed by atoms with E-state index in [9.17, 15) is 9.18 Å². The highest BCUT2D eigenvalue weighted by Crippen LogP contribution is 2.36. The topological polar surface area (TPSA) is 112 Å². The Morgan fingerprint density at radius 1 is 0.896 bits per heavy atom. The molecule has 238 valence electrons. The molecule has 0 bridgehead atoms. The molecule has 0 aliphatic carbocycles. The molecule has 0 radical (unpaired) electrons. The average Bonchev–Trinajstić information content (AvgIpc) is 3.88. The van der Waals surface area contributed by atoms with Crippen molar-refractivity contribution in [2.24, 2.45) is 0 Å². The monoisotopic (exact) mass is 637 g/mol. The lowest BCUT2D eigenvalue weighted by Gasteiger charge is -2.15. The number of aromatic amines is 2. The second kappa shape index (κ2) is 12.7. The van der Waals surface area contributed by atoms with Crippen LogP contribution in [-0.4, -0.2) is 62.2 Å². The van der Waals surface area contributed by atoms with E-state index in [1.54, 1.807) is 30.7 Å². The quantitative estimate of drug-likeness (QED) is 0.150. The van der Waals surface area contributed by atoms with Gasteiger partial charge in [0, 0.05) is 46.9 Å². The lowest BCUT2D eigenvalue weighted by Crippen LogP contribution is -2.25. The molecular formula is C38H32FN7O2. The Labute approximate surface area is 275 Å².